The normalized spacial score (nSPS) is 11.4. The predicted molar refractivity (Wildman–Crippen MR) is 127 cm³/mol. The molecule has 0 bridgehead atoms. The van der Waals surface area contributed by atoms with Gasteiger partial charge < -0.3 is 20.1 Å². The van der Waals surface area contributed by atoms with Gasteiger partial charge in [0.15, 0.2) is 5.75 Å². The minimum absolute atomic E-state index is 0. The van der Waals surface area contributed by atoms with Crippen LogP contribution >= 0.6 is 11.6 Å². The number of phenolic OH excluding ortho intramolecular Hbond substituents is 2. The minimum atomic E-state index is -4.88. The van der Waals surface area contributed by atoms with Gasteiger partial charge in [-0.15, -0.1) is 10.2 Å². The van der Waals surface area contributed by atoms with E-state index >= 15 is 0 Å². The van der Waals surface area contributed by atoms with Crippen LogP contribution in [0.2, 0.25) is 5.02 Å². The van der Waals surface area contributed by atoms with Crippen LogP contribution in [0.25, 0.3) is 10.8 Å². The maximum absolute atomic E-state index is 11.8. The van der Waals surface area contributed by atoms with Crippen LogP contribution in [0.15, 0.2) is 81.9 Å². The van der Waals surface area contributed by atoms with E-state index in [1.54, 1.807) is 30.3 Å². The Kier molecular flexibility index (Phi) is 8.19. The van der Waals surface area contributed by atoms with Crippen molar-refractivity contribution in [3.05, 3.63) is 81.9 Å². The van der Waals surface area contributed by atoms with E-state index in [9.17, 15) is 33.3 Å². The Bertz CT molecular complexity index is 1620. The number of benzene rings is 4. The minimum Gasteiger partial charge on any atom is -0.744 e. The van der Waals surface area contributed by atoms with Crippen molar-refractivity contribution >= 4 is 60.9 Å². The Labute approximate surface area is 231 Å². The van der Waals surface area contributed by atoms with Crippen molar-refractivity contribution in [2.75, 3.05) is 5.32 Å². The second-order valence-electron chi connectivity index (χ2n) is 7.16. The number of halogens is 1. The quantitative estimate of drug-likeness (QED) is 0.111. The number of rotatable bonds is 6. The van der Waals surface area contributed by atoms with Crippen LogP contribution in [0.4, 0.5) is 28.4 Å². The fraction of sp³-hybridized carbons (Fsp3) is 0. The molecule has 0 saturated carbocycles. The predicted octanol–water partition coefficient (Wildman–Crippen LogP) is 2.88. The van der Waals surface area contributed by atoms with Gasteiger partial charge in [-0.2, -0.15) is 0 Å². The molecule has 11 nitrogen and oxygen atoms in total. The molecule has 4 rings (SSSR count). The van der Waals surface area contributed by atoms with Gasteiger partial charge in [0.2, 0.25) is 5.75 Å². The number of fused-ring (bicyclic) bond motifs is 1. The summed E-state index contributed by atoms with van der Waals surface area (Å²) in [5, 5.41) is 42.6. The van der Waals surface area contributed by atoms with Crippen LogP contribution in [0, 0.1) is 10.1 Å². The first-order valence-corrected chi connectivity index (χ1v) is 11.5. The van der Waals surface area contributed by atoms with E-state index < -0.39 is 37.1 Å². The SMILES string of the molecule is O=[N+]([O-])c1cc(Cl)cc(N=Nc2ccc3c(S(=O)(=O)[O-])ccc(Nc4ccccc4)c3c2O)c1O.[Na+]. The number of hydrogen-bond donors (Lipinski definition) is 3. The van der Waals surface area contributed by atoms with Crippen LogP contribution in [0.5, 0.6) is 11.5 Å². The van der Waals surface area contributed by atoms with Gasteiger partial charge in [0, 0.05) is 22.2 Å². The van der Waals surface area contributed by atoms with Gasteiger partial charge in [0.05, 0.1) is 20.9 Å². The molecule has 0 aliphatic heterocycles. The van der Waals surface area contributed by atoms with Gasteiger partial charge in [-0.3, -0.25) is 10.1 Å². The number of nitro benzene ring substituents is 1. The molecular weight excluding hydrogens is 523 g/mol. The van der Waals surface area contributed by atoms with Crippen molar-refractivity contribution in [3.63, 3.8) is 0 Å². The van der Waals surface area contributed by atoms with E-state index in [1.807, 2.05) is 0 Å². The average Bonchev–Trinajstić information content (AvgIpc) is 2.80. The number of aromatic hydroxyl groups is 2. The van der Waals surface area contributed by atoms with Crippen molar-refractivity contribution in [2.24, 2.45) is 10.2 Å². The number of nitro groups is 1. The van der Waals surface area contributed by atoms with E-state index in [4.69, 9.17) is 11.6 Å². The summed E-state index contributed by atoms with van der Waals surface area (Å²) >= 11 is 5.85. The summed E-state index contributed by atoms with van der Waals surface area (Å²) in [6.07, 6.45) is 0. The summed E-state index contributed by atoms with van der Waals surface area (Å²) in [6, 6.07) is 15.8. The molecule has 0 aliphatic rings. The second kappa shape index (κ2) is 10.8. The zero-order valence-corrected chi connectivity index (χ0v) is 22.0. The Morgan fingerprint density at radius 1 is 0.917 bits per heavy atom. The zero-order valence-electron chi connectivity index (χ0n) is 18.4. The molecule has 0 heterocycles. The number of anilines is 2. The molecule has 0 aliphatic carbocycles. The Balaban J connectivity index is 0.00000361. The van der Waals surface area contributed by atoms with Crippen LogP contribution in [-0.2, 0) is 10.1 Å². The summed E-state index contributed by atoms with van der Waals surface area (Å²) in [7, 11) is -4.88. The van der Waals surface area contributed by atoms with E-state index in [2.05, 4.69) is 15.5 Å². The summed E-state index contributed by atoms with van der Waals surface area (Å²) in [4.78, 5) is 9.70. The maximum Gasteiger partial charge on any atom is 1.00 e. The zero-order chi connectivity index (χ0) is 25.3. The molecule has 4 aromatic carbocycles. The summed E-state index contributed by atoms with van der Waals surface area (Å²) in [5.74, 6) is -1.30. The third-order valence-corrected chi connectivity index (χ3v) is 6.02. The van der Waals surface area contributed by atoms with Gasteiger partial charge in [0.25, 0.3) is 0 Å². The van der Waals surface area contributed by atoms with Gasteiger partial charge in [-0.25, -0.2) is 8.42 Å². The number of para-hydroxylation sites is 1. The van der Waals surface area contributed by atoms with Gasteiger partial charge in [-0.1, -0.05) is 35.9 Å². The molecule has 14 heteroatoms. The number of nitrogens with one attached hydrogen (secondary N) is 1. The van der Waals surface area contributed by atoms with E-state index in [0.717, 1.165) is 18.2 Å². The first-order valence-electron chi connectivity index (χ1n) is 9.71. The van der Waals surface area contributed by atoms with Crippen molar-refractivity contribution in [2.45, 2.75) is 4.90 Å². The smallest absolute Gasteiger partial charge is 0.744 e. The van der Waals surface area contributed by atoms with Crippen molar-refractivity contribution < 1.29 is 57.7 Å². The molecule has 3 N–H and O–H groups in total. The van der Waals surface area contributed by atoms with Gasteiger partial charge >= 0.3 is 35.2 Å². The Hall–Kier alpha value is -3.26. The first-order chi connectivity index (χ1) is 16.6. The van der Waals surface area contributed by atoms with Crippen molar-refractivity contribution in [3.8, 4) is 11.5 Å². The van der Waals surface area contributed by atoms with Crippen LogP contribution in [-0.4, -0.2) is 28.1 Å². The molecule has 36 heavy (non-hydrogen) atoms. The fourth-order valence-electron chi connectivity index (χ4n) is 3.36. The van der Waals surface area contributed by atoms with E-state index in [-0.39, 0.29) is 62.4 Å². The first kappa shape index (κ1) is 27.3. The Morgan fingerprint density at radius 3 is 2.22 bits per heavy atom. The average molecular weight is 537 g/mol. The molecule has 0 spiro atoms. The monoisotopic (exact) mass is 536 g/mol. The second-order valence-corrected chi connectivity index (χ2v) is 8.95. The standard InChI is InChI=1S/C22H15ClN4O7S.Na/c23-12-10-17(21(28)18(11-12)27(30)31)26-25-16-7-6-14-19(35(32,33)34)9-8-15(20(14)22(16)29)24-13-4-2-1-3-5-13;/h1-11,24,28-29H,(H,32,33,34);/q;+1/p-1. The van der Waals surface area contributed by atoms with Crippen molar-refractivity contribution in [1.82, 2.24) is 0 Å². The third-order valence-electron chi connectivity index (χ3n) is 4.91. The third kappa shape index (κ3) is 5.59. The molecule has 178 valence electrons. The molecule has 0 radical (unpaired) electrons. The maximum atomic E-state index is 11.8. The largest absolute Gasteiger partial charge is 1.00 e. The molecule has 0 aromatic heterocycles. The Morgan fingerprint density at radius 2 is 1.58 bits per heavy atom. The topological polar surface area (TPSA) is 178 Å². The summed E-state index contributed by atoms with van der Waals surface area (Å²) < 4.78 is 35.4. The molecule has 4 aromatic rings. The van der Waals surface area contributed by atoms with Crippen LogP contribution in [0.3, 0.4) is 0 Å². The molecular formula is C22H14ClN4NaO7S. The number of azo groups is 1. The fourth-order valence-corrected chi connectivity index (χ4v) is 4.24. The summed E-state index contributed by atoms with van der Waals surface area (Å²) in [5.41, 5.74) is -0.296. The van der Waals surface area contributed by atoms with Gasteiger partial charge in [-0.05, 0) is 36.4 Å². The van der Waals surface area contributed by atoms with Crippen LogP contribution in [0.1, 0.15) is 0 Å². The summed E-state index contributed by atoms with van der Waals surface area (Å²) in [6.45, 7) is 0. The molecule has 0 fully saturated rings. The van der Waals surface area contributed by atoms with Crippen LogP contribution < -0.4 is 34.9 Å². The molecule has 0 saturated heterocycles. The molecule has 0 atom stereocenters. The molecule has 0 amide bonds. The van der Waals surface area contributed by atoms with Gasteiger partial charge in [0.1, 0.15) is 21.5 Å². The van der Waals surface area contributed by atoms with E-state index in [1.165, 1.54) is 18.2 Å². The number of hydrogen-bond acceptors (Lipinski definition) is 10. The molecule has 0 unspecified atom stereocenters. The van der Waals surface area contributed by atoms with E-state index in [0.29, 0.717) is 5.69 Å². The number of phenols is 2. The van der Waals surface area contributed by atoms with Crippen molar-refractivity contribution in [1.29, 1.82) is 0 Å². The number of nitrogens with zero attached hydrogens (tertiary/aromatic N) is 3.